The van der Waals surface area contributed by atoms with Crippen LogP contribution in [0.5, 0.6) is 0 Å². The fraction of sp³-hybridized carbons (Fsp3) is 0.444. The Kier molecular flexibility index (Phi) is 4.26. The van der Waals surface area contributed by atoms with Crippen molar-refractivity contribution in [2.75, 3.05) is 12.8 Å². The number of aryl methyl sites for hydroxylation is 1. The van der Waals surface area contributed by atoms with E-state index in [0.29, 0.717) is 6.42 Å². The monoisotopic (exact) mass is 215 g/mol. The molecule has 0 radical (unpaired) electrons. The summed E-state index contributed by atoms with van der Waals surface area (Å²) in [5.74, 6) is 0. The highest BCUT2D eigenvalue weighted by atomic mass is 31.2. The van der Waals surface area contributed by atoms with E-state index in [1.165, 1.54) is 0 Å². The van der Waals surface area contributed by atoms with Crippen LogP contribution >= 0.6 is 7.60 Å². The molecule has 0 saturated carbocycles. The first-order valence-electron chi connectivity index (χ1n) is 4.50. The van der Waals surface area contributed by atoms with Gasteiger partial charge in [0.1, 0.15) is 0 Å². The minimum atomic E-state index is -3.40. The lowest BCUT2D eigenvalue weighted by molar-refractivity contribution is 0.273. The fourth-order valence-corrected chi connectivity index (χ4v) is 2.11. The molecule has 0 aliphatic heterocycles. The van der Waals surface area contributed by atoms with Crippen LogP contribution in [0.4, 0.5) is 0 Å². The Morgan fingerprint density at radius 3 is 2.93 bits per heavy atom. The van der Waals surface area contributed by atoms with Crippen molar-refractivity contribution in [1.82, 2.24) is 4.98 Å². The molecule has 1 aromatic rings. The summed E-state index contributed by atoms with van der Waals surface area (Å²) in [6.45, 7) is 1.96. The van der Waals surface area contributed by atoms with Crippen LogP contribution in [-0.2, 0) is 15.5 Å². The highest BCUT2D eigenvalue weighted by molar-refractivity contribution is 7.52. The van der Waals surface area contributed by atoms with Crippen LogP contribution in [0.3, 0.4) is 0 Å². The zero-order chi connectivity index (χ0) is 10.4. The predicted molar refractivity (Wildman–Crippen MR) is 54.3 cm³/mol. The Balaban J connectivity index is 2.45. The molecule has 1 heterocycles. The second-order valence-electron chi connectivity index (χ2n) is 2.85. The number of hydrogen-bond donors (Lipinski definition) is 1. The van der Waals surface area contributed by atoms with Crippen molar-refractivity contribution in [3.8, 4) is 0 Å². The minimum Gasteiger partial charge on any atom is -0.324 e. The minimum absolute atomic E-state index is 0.123. The summed E-state index contributed by atoms with van der Waals surface area (Å²) in [5, 5.41) is 0. The molecule has 1 aromatic heterocycles. The molecule has 0 fully saturated rings. The van der Waals surface area contributed by atoms with E-state index in [9.17, 15) is 9.46 Å². The van der Waals surface area contributed by atoms with Crippen LogP contribution < -0.4 is 0 Å². The topological polar surface area (TPSA) is 59.4 Å². The molecule has 0 saturated heterocycles. The van der Waals surface area contributed by atoms with E-state index in [4.69, 9.17) is 4.52 Å². The molecule has 0 amide bonds. The van der Waals surface area contributed by atoms with Crippen LogP contribution in [0.1, 0.15) is 12.6 Å². The van der Waals surface area contributed by atoms with Gasteiger partial charge < -0.3 is 9.42 Å². The van der Waals surface area contributed by atoms with Crippen molar-refractivity contribution in [2.45, 2.75) is 13.3 Å². The normalized spacial score (nSPS) is 15.0. The fourth-order valence-electron chi connectivity index (χ4n) is 1.07. The standard InChI is InChI=1S/C9H14NO3P/c1-2-13-14(11,12)8-6-9-5-3-4-7-10-9/h3-5,7H,2,6,8H2,1H3,(H,11,12). The van der Waals surface area contributed by atoms with Gasteiger partial charge in [-0.05, 0) is 19.1 Å². The van der Waals surface area contributed by atoms with Crippen molar-refractivity contribution in [2.24, 2.45) is 0 Å². The molecular formula is C9H14NO3P. The lowest BCUT2D eigenvalue weighted by Crippen LogP contribution is -1.99. The van der Waals surface area contributed by atoms with Gasteiger partial charge in [0.05, 0.1) is 12.8 Å². The van der Waals surface area contributed by atoms with E-state index >= 15 is 0 Å². The average Bonchev–Trinajstić information content (AvgIpc) is 2.17. The molecule has 1 unspecified atom stereocenters. The van der Waals surface area contributed by atoms with Crippen LogP contribution in [0, 0.1) is 0 Å². The van der Waals surface area contributed by atoms with Gasteiger partial charge in [0.2, 0.25) is 0 Å². The highest BCUT2D eigenvalue weighted by Gasteiger charge is 2.17. The van der Waals surface area contributed by atoms with Crippen molar-refractivity contribution < 1.29 is 14.0 Å². The second-order valence-corrected chi connectivity index (χ2v) is 4.83. The van der Waals surface area contributed by atoms with Gasteiger partial charge in [0.25, 0.3) is 0 Å². The summed E-state index contributed by atoms with van der Waals surface area (Å²) < 4.78 is 16.0. The summed E-state index contributed by atoms with van der Waals surface area (Å²) in [4.78, 5) is 13.3. The van der Waals surface area contributed by atoms with Crippen molar-refractivity contribution in [3.05, 3.63) is 30.1 Å². The van der Waals surface area contributed by atoms with Gasteiger partial charge in [0.15, 0.2) is 0 Å². The lowest BCUT2D eigenvalue weighted by atomic mass is 10.3. The Morgan fingerprint density at radius 2 is 2.36 bits per heavy atom. The van der Waals surface area contributed by atoms with Gasteiger partial charge >= 0.3 is 7.60 Å². The molecule has 0 aliphatic carbocycles. The number of pyridine rings is 1. The zero-order valence-electron chi connectivity index (χ0n) is 8.09. The first kappa shape index (κ1) is 11.4. The largest absolute Gasteiger partial charge is 0.328 e. The van der Waals surface area contributed by atoms with Crippen molar-refractivity contribution in [1.29, 1.82) is 0 Å². The molecule has 0 bridgehead atoms. The SMILES string of the molecule is CCOP(=O)(O)CCc1ccccn1. The first-order chi connectivity index (χ1) is 6.64. The molecule has 14 heavy (non-hydrogen) atoms. The van der Waals surface area contributed by atoms with Crippen molar-refractivity contribution >= 4 is 7.60 Å². The van der Waals surface area contributed by atoms with Crippen LogP contribution in [0.15, 0.2) is 24.4 Å². The molecule has 78 valence electrons. The lowest BCUT2D eigenvalue weighted by Gasteiger charge is -2.09. The first-order valence-corrected chi connectivity index (χ1v) is 6.26. The summed E-state index contributed by atoms with van der Waals surface area (Å²) in [7, 11) is -3.40. The molecule has 0 aliphatic rings. The Morgan fingerprint density at radius 1 is 1.57 bits per heavy atom. The summed E-state index contributed by atoms with van der Waals surface area (Å²) in [6, 6.07) is 5.49. The third kappa shape index (κ3) is 4.01. The summed E-state index contributed by atoms with van der Waals surface area (Å²) in [6.07, 6.45) is 2.25. The molecule has 0 aromatic carbocycles. The van der Waals surface area contributed by atoms with E-state index in [1.807, 2.05) is 18.2 Å². The molecule has 1 N–H and O–H groups in total. The third-order valence-corrected chi connectivity index (χ3v) is 3.16. The van der Waals surface area contributed by atoms with E-state index in [2.05, 4.69) is 4.98 Å². The van der Waals surface area contributed by atoms with Crippen LogP contribution in [-0.4, -0.2) is 22.6 Å². The molecule has 1 atom stereocenters. The van der Waals surface area contributed by atoms with Gasteiger partial charge in [-0.25, -0.2) is 0 Å². The highest BCUT2D eigenvalue weighted by Crippen LogP contribution is 2.41. The number of nitrogens with zero attached hydrogens (tertiary/aromatic N) is 1. The van der Waals surface area contributed by atoms with E-state index < -0.39 is 7.60 Å². The molecule has 0 spiro atoms. The maximum absolute atomic E-state index is 11.3. The smallest absolute Gasteiger partial charge is 0.324 e. The molecule has 1 rings (SSSR count). The summed E-state index contributed by atoms with van der Waals surface area (Å²) in [5.41, 5.74) is 0.807. The zero-order valence-corrected chi connectivity index (χ0v) is 8.98. The predicted octanol–water partition coefficient (Wildman–Crippen LogP) is 1.85. The third-order valence-electron chi connectivity index (χ3n) is 1.71. The number of rotatable bonds is 5. The Bertz CT molecular complexity index is 315. The summed E-state index contributed by atoms with van der Waals surface area (Å²) >= 11 is 0. The average molecular weight is 215 g/mol. The van der Waals surface area contributed by atoms with Gasteiger partial charge in [-0.2, -0.15) is 0 Å². The molecular weight excluding hydrogens is 201 g/mol. The Hall–Kier alpha value is -0.700. The second kappa shape index (κ2) is 5.25. The van der Waals surface area contributed by atoms with Gasteiger partial charge in [-0.3, -0.25) is 9.55 Å². The van der Waals surface area contributed by atoms with Gasteiger partial charge in [-0.15, -0.1) is 0 Å². The van der Waals surface area contributed by atoms with Gasteiger partial charge in [-0.1, -0.05) is 6.07 Å². The van der Waals surface area contributed by atoms with E-state index in [-0.39, 0.29) is 12.8 Å². The maximum atomic E-state index is 11.3. The maximum Gasteiger partial charge on any atom is 0.328 e. The van der Waals surface area contributed by atoms with E-state index in [0.717, 1.165) is 5.69 Å². The Labute approximate surface area is 83.5 Å². The number of hydrogen-bond acceptors (Lipinski definition) is 3. The quantitative estimate of drug-likeness (QED) is 0.761. The van der Waals surface area contributed by atoms with Crippen LogP contribution in [0.25, 0.3) is 0 Å². The molecule has 4 nitrogen and oxygen atoms in total. The van der Waals surface area contributed by atoms with E-state index in [1.54, 1.807) is 13.1 Å². The van der Waals surface area contributed by atoms with Crippen LogP contribution in [0.2, 0.25) is 0 Å². The van der Waals surface area contributed by atoms with Crippen molar-refractivity contribution in [3.63, 3.8) is 0 Å². The number of aromatic nitrogens is 1. The molecule has 5 heteroatoms. The van der Waals surface area contributed by atoms with Gasteiger partial charge in [0, 0.05) is 18.3 Å².